The molecule has 0 bridgehead atoms. The third kappa shape index (κ3) is 3.46. The Morgan fingerprint density at radius 1 is 1.67 bits per heavy atom. The molecule has 3 nitrogen and oxygen atoms in total. The summed E-state index contributed by atoms with van der Waals surface area (Å²) in [6.07, 6.45) is 0.948. The zero-order valence-electron chi connectivity index (χ0n) is 5.34. The van der Waals surface area contributed by atoms with Crippen LogP contribution < -0.4 is 0 Å². The first-order valence-corrected chi connectivity index (χ1v) is 3.21. The van der Waals surface area contributed by atoms with Gasteiger partial charge in [-0.2, -0.15) is 0 Å². The Hall–Kier alpha value is -0.120. The summed E-state index contributed by atoms with van der Waals surface area (Å²) in [5, 5.41) is 9.88. The van der Waals surface area contributed by atoms with E-state index >= 15 is 0 Å². The van der Waals surface area contributed by atoms with Gasteiger partial charge in [0.1, 0.15) is 6.10 Å². The van der Waals surface area contributed by atoms with Gasteiger partial charge in [0, 0.05) is 6.61 Å². The fraction of sp³-hybridized carbons (Fsp3) is 1.00. The summed E-state index contributed by atoms with van der Waals surface area (Å²) in [6, 6.07) is 0. The van der Waals surface area contributed by atoms with Crippen LogP contribution in [0.15, 0.2) is 0 Å². The van der Waals surface area contributed by atoms with E-state index in [1.54, 1.807) is 0 Å². The van der Waals surface area contributed by atoms with Crippen LogP contribution in [0.2, 0.25) is 0 Å². The highest BCUT2D eigenvalue weighted by Crippen LogP contribution is 2.08. The maximum atomic E-state index is 9.88. The molecule has 53 valence electrons. The van der Waals surface area contributed by atoms with Gasteiger partial charge in [0.25, 0.3) is 0 Å². The second-order valence-corrected chi connectivity index (χ2v) is 2.09. The van der Waals surface area contributed by atoms with Crippen molar-refractivity contribution >= 4 is 0 Å². The van der Waals surface area contributed by atoms with Crippen LogP contribution in [0, 0.1) is 0 Å². The van der Waals surface area contributed by atoms with E-state index in [2.05, 4.69) is 0 Å². The molecule has 0 aliphatic carbocycles. The zero-order valence-corrected chi connectivity index (χ0v) is 5.34. The molecular formula is C6H11O3. The van der Waals surface area contributed by atoms with Gasteiger partial charge < -0.3 is 9.47 Å². The highest BCUT2D eigenvalue weighted by Gasteiger charge is 2.21. The molecule has 0 spiro atoms. The molecule has 9 heavy (non-hydrogen) atoms. The van der Waals surface area contributed by atoms with E-state index in [-0.39, 0.29) is 6.61 Å². The van der Waals surface area contributed by atoms with Crippen molar-refractivity contribution in [3.63, 3.8) is 0 Å². The smallest absolute Gasteiger partial charge is 0.104 e. The van der Waals surface area contributed by atoms with Crippen molar-refractivity contribution in [3.8, 4) is 0 Å². The number of ether oxygens (including phenoxy) is 2. The first kappa shape index (κ1) is 6.99. The first-order valence-electron chi connectivity index (χ1n) is 3.21. The quantitative estimate of drug-likeness (QED) is 0.395. The minimum Gasteiger partial charge on any atom is -0.379 e. The van der Waals surface area contributed by atoms with E-state index in [0.717, 1.165) is 6.61 Å². The van der Waals surface area contributed by atoms with Gasteiger partial charge >= 0.3 is 0 Å². The Bertz CT molecular complexity index is 70.7. The third-order valence-corrected chi connectivity index (χ3v) is 1.14. The van der Waals surface area contributed by atoms with Crippen LogP contribution in [0.25, 0.3) is 0 Å². The molecule has 1 aliphatic heterocycles. The van der Waals surface area contributed by atoms with Crippen LogP contribution in [0.3, 0.4) is 0 Å². The molecule has 1 rings (SSSR count). The van der Waals surface area contributed by atoms with Crippen molar-refractivity contribution < 1.29 is 14.6 Å². The Balaban J connectivity index is 1.71. The number of rotatable bonds is 5. The monoisotopic (exact) mass is 131 g/mol. The van der Waals surface area contributed by atoms with E-state index in [0.29, 0.717) is 25.7 Å². The van der Waals surface area contributed by atoms with Gasteiger partial charge in [-0.3, -0.25) is 0 Å². The first-order chi connectivity index (χ1) is 4.43. The second kappa shape index (κ2) is 3.82. The van der Waals surface area contributed by atoms with Crippen molar-refractivity contribution in [1.82, 2.24) is 0 Å². The van der Waals surface area contributed by atoms with Crippen LogP contribution in [-0.4, -0.2) is 32.5 Å². The highest BCUT2D eigenvalue weighted by atomic mass is 16.6. The maximum Gasteiger partial charge on any atom is 0.104 e. The van der Waals surface area contributed by atoms with Gasteiger partial charge in [0.15, 0.2) is 0 Å². The predicted molar refractivity (Wildman–Crippen MR) is 30.7 cm³/mol. The lowest BCUT2D eigenvalue weighted by Crippen LogP contribution is -2.03. The van der Waals surface area contributed by atoms with E-state index in [1.165, 1.54) is 0 Å². The molecular weight excluding hydrogens is 120 g/mol. The van der Waals surface area contributed by atoms with Crippen LogP contribution >= 0.6 is 0 Å². The van der Waals surface area contributed by atoms with Gasteiger partial charge in [0.2, 0.25) is 0 Å². The topological polar surface area (TPSA) is 41.7 Å². The third-order valence-electron chi connectivity index (χ3n) is 1.14. The van der Waals surface area contributed by atoms with Gasteiger partial charge in [-0.25, -0.2) is 5.11 Å². The van der Waals surface area contributed by atoms with Crippen molar-refractivity contribution in [2.45, 2.75) is 12.5 Å². The minimum absolute atomic E-state index is 0.0362. The molecule has 0 aromatic heterocycles. The summed E-state index contributed by atoms with van der Waals surface area (Å²) < 4.78 is 9.96. The van der Waals surface area contributed by atoms with Gasteiger partial charge in [-0.1, -0.05) is 0 Å². The average molecular weight is 131 g/mol. The van der Waals surface area contributed by atoms with Crippen LogP contribution in [0.1, 0.15) is 6.42 Å². The standard InChI is InChI=1S/C6H11O3/c7-2-1-3-8-4-6-5-9-6/h6H,1-5H2. The lowest BCUT2D eigenvalue weighted by atomic mass is 10.5. The number of epoxide rings is 1. The molecule has 1 fully saturated rings. The lowest BCUT2D eigenvalue weighted by Gasteiger charge is -1.96. The highest BCUT2D eigenvalue weighted by molar-refractivity contribution is 4.66. The summed E-state index contributed by atoms with van der Waals surface area (Å²) in [5.74, 6) is 0. The molecule has 1 saturated heterocycles. The molecule has 0 saturated carbocycles. The Morgan fingerprint density at radius 3 is 3.00 bits per heavy atom. The van der Waals surface area contributed by atoms with Crippen molar-refractivity contribution in [1.29, 1.82) is 0 Å². The van der Waals surface area contributed by atoms with Gasteiger partial charge in [-0.05, 0) is 6.42 Å². The average Bonchev–Trinajstić information content (AvgIpc) is 2.63. The summed E-state index contributed by atoms with van der Waals surface area (Å²) in [7, 11) is 0. The summed E-state index contributed by atoms with van der Waals surface area (Å²) >= 11 is 0. The summed E-state index contributed by atoms with van der Waals surface area (Å²) in [4.78, 5) is 0. The molecule has 1 heterocycles. The molecule has 1 atom stereocenters. The van der Waals surface area contributed by atoms with Crippen LogP contribution in [0.4, 0.5) is 0 Å². The van der Waals surface area contributed by atoms with E-state index in [4.69, 9.17) is 9.47 Å². The van der Waals surface area contributed by atoms with Crippen LogP contribution in [-0.2, 0) is 14.6 Å². The predicted octanol–water partition coefficient (Wildman–Crippen LogP) is 0.222. The van der Waals surface area contributed by atoms with E-state index < -0.39 is 0 Å². The molecule has 0 amide bonds. The normalized spacial score (nSPS) is 24.3. The molecule has 3 heteroatoms. The van der Waals surface area contributed by atoms with Gasteiger partial charge in [-0.15, -0.1) is 0 Å². The minimum atomic E-state index is -0.0362. The zero-order chi connectivity index (χ0) is 6.53. The Labute approximate surface area is 54.6 Å². The molecule has 0 aromatic carbocycles. The molecule has 0 N–H and O–H groups in total. The van der Waals surface area contributed by atoms with Crippen molar-refractivity contribution in [3.05, 3.63) is 0 Å². The maximum absolute atomic E-state index is 9.88. The largest absolute Gasteiger partial charge is 0.379 e. The Kier molecular flexibility index (Phi) is 2.97. The summed E-state index contributed by atoms with van der Waals surface area (Å²) in [6.45, 7) is 2.05. The summed E-state index contributed by atoms with van der Waals surface area (Å²) in [5.41, 5.74) is 0. The second-order valence-electron chi connectivity index (χ2n) is 2.09. The van der Waals surface area contributed by atoms with E-state index in [9.17, 15) is 5.11 Å². The number of hydrogen-bond acceptors (Lipinski definition) is 2. The lowest BCUT2D eigenvalue weighted by molar-refractivity contribution is 0.0883. The fourth-order valence-corrected chi connectivity index (χ4v) is 0.540. The Morgan fingerprint density at radius 2 is 2.44 bits per heavy atom. The molecule has 0 aromatic rings. The molecule has 1 radical (unpaired) electrons. The van der Waals surface area contributed by atoms with E-state index in [1.807, 2.05) is 0 Å². The van der Waals surface area contributed by atoms with Crippen LogP contribution in [0.5, 0.6) is 0 Å². The number of hydrogen-bond donors (Lipinski definition) is 0. The molecule has 1 aliphatic rings. The SMILES string of the molecule is [O]CCCOCC1CO1. The van der Waals surface area contributed by atoms with Crippen molar-refractivity contribution in [2.75, 3.05) is 26.4 Å². The molecule has 1 unspecified atom stereocenters. The van der Waals surface area contributed by atoms with Crippen molar-refractivity contribution in [2.24, 2.45) is 0 Å². The fourth-order valence-electron chi connectivity index (χ4n) is 0.540. The van der Waals surface area contributed by atoms with Gasteiger partial charge in [0.05, 0.1) is 19.8 Å².